The first-order valence-corrected chi connectivity index (χ1v) is 5.40. The Bertz CT molecular complexity index is 199. The van der Waals surface area contributed by atoms with Crippen LogP contribution in [-0.2, 0) is 14.3 Å². The number of nitrogens with one attached hydrogen (secondary N) is 1. The van der Waals surface area contributed by atoms with Crippen LogP contribution < -0.4 is 5.32 Å². The van der Waals surface area contributed by atoms with Gasteiger partial charge in [0.25, 0.3) is 0 Å². The first kappa shape index (κ1) is 12.4. The molecule has 1 N–H and O–H groups in total. The van der Waals surface area contributed by atoms with E-state index < -0.39 is 0 Å². The van der Waals surface area contributed by atoms with Crippen LogP contribution in [0.5, 0.6) is 0 Å². The topological polar surface area (TPSA) is 50.8 Å². The van der Waals surface area contributed by atoms with E-state index in [2.05, 4.69) is 10.2 Å². The molecule has 0 radical (unpaired) electrons. The molecule has 0 spiro atoms. The van der Waals surface area contributed by atoms with Crippen LogP contribution in [0, 0.1) is 0 Å². The number of hydrogen-bond acceptors (Lipinski definition) is 5. The van der Waals surface area contributed by atoms with Crippen LogP contribution in [0.4, 0.5) is 0 Å². The van der Waals surface area contributed by atoms with Gasteiger partial charge < -0.3 is 14.8 Å². The lowest BCUT2D eigenvalue weighted by molar-refractivity contribution is -0.150. The zero-order chi connectivity index (χ0) is 11.1. The number of esters is 1. The molecule has 1 heterocycles. The summed E-state index contributed by atoms with van der Waals surface area (Å²) in [6, 6.07) is -0.158. The summed E-state index contributed by atoms with van der Waals surface area (Å²) in [5, 5.41) is 3.20. The number of methoxy groups -OCH3 is 1. The van der Waals surface area contributed by atoms with E-state index in [1.807, 2.05) is 6.92 Å². The van der Waals surface area contributed by atoms with E-state index >= 15 is 0 Å². The summed E-state index contributed by atoms with van der Waals surface area (Å²) < 4.78 is 10.0. The van der Waals surface area contributed by atoms with E-state index in [1.54, 1.807) is 7.11 Å². The van der Waals surface area contributed by atoms with Gasteiger partial charge in [0.15, 0.2) is 0 Å². The van der Waals surface area contributed by atoms with Gasteiger partial charge in [0.1, 0.15) is 6.04 Å². The fraction of sp³-hybridized carbons (Fsp3) is 0.900. The lowest BCUT2D eigenvalue weighted by Gasteiger charge is -2.34. The highest BCUT2D eigenvalue weighted by Crippen LogP contribution is 2.05. The molecule has 0 aromatic carbocycles. The van der Waals surface area contributed by atoms with Gasteiger partial charge in [-0.05, 0) is 6.92 Å². The molecule has 1 atom stereocenters. The van der Waals surface area contributed by atoms with Crippen LogP contribution in [0.15, 0.2) is 0 Å². The number of carbonyl (C=O) groups is 1. The summed E-state index contributed by atoms with van der Waals surface area (Å²) in [6.07, 6.45) is 0. The molecule has 0 aromatic rings. The smallest absolute Gasteiger partial charge is 0.324 e. The van der Waals surface area contributed by atoms with Crippen molar-refractivity contribution < 1.29 is 14.3 Å². The van der Waals surface area contributed by atoms with E-state index in [9.17, 15) is 4.79 Å². The highest BCUT2D eigenvalue weighted by atomic mass is 16.5. The summed E-state index contributed by atoms with van der Waals surface area (Å²) >= 11 is 0. The number of piperazine rings is 1. The third-order valence-electron chi connectivity index (χ3n) is 2.50. The molecule has 0 aromatic heterocycles. The second-order valence-electron chi connectivity index (χ2n) is 3.50. The van der Waals surface area contributed by atoms with Gasteiger partial charge in [-0.1, -0.05) is 0 Å². The monoisotopic (exact) mass is 216 g/mol. The van der Waals surface area contributed by atoms with E-state index in [0.29, 0.717) is 19.8 Å². The zero-order valence-electron chi connectivity index (χ0n) is 9.49. The molecular weight excluding hydrogens is 196 g/mol. The average Bonchev–Trinajstić information content (AvgIpc) is 2.27. The van der Waals surface area contributed by atoms with Gasteiger partial charge in [-0.3, -0.25) is 9.69 Å². The SMILES string of the molecule is CCOC(=O)C1CNCCN1CCOC. The van der Waals surface area contributed by atoms with Crippen molar-refractivity contribution in [2.24, 2.45) is 0 Å². The quantitative estimate of drug-likeness (QED) is 0.626. The number of rotatable bonds is 5. The second-order valence-corrected chi connectivity index (χ2v) is 3.50. The van der Waals surface area contributed by atoms with Crippen molar-refractivity contribution in [1.29, 1.82) is 0 Å². The normalized spacial score (nSPS) is 22.7. The van der Waals surface area contributed by atoms with E-state index in [-0.39, 0.29) is 12.0 Å². The summed E-state index contributed by atoms with van der Waals surface area (Å²) in [5.74, 6) is -0.138. The Kier molecular flexibility index (Phi) is 5.60. The largest absolute Gasteiger partial charge is 0.465 e. The minimum atomic E-state index is -0.158. The van der Waals surface area contributed by atoms with Crippen molar-refractivity contribution in [3.05, 3.63) is 0 Å². The fourth-order valence-corrected chi connectivity index (χ4v) is 1.69. The Balaban J connectivity index is 2.45. The summed E-state index contributed by atoms with van der Waals surface area (Å²) in [5.41, 5.74) is 0. The van der Waals surface area contributed by atoms with Gasteiger partial charge in [0.2, 0.25) is 0 Å². The van der Waals surface area contributed by atoms with Gasteiger partial charge in [-0.2, -0.15) is 0 Å². The fourth-order valence-electron chi connectivity index (χ4n) is 1.69. The lowest BCUT2D eigenvalue weighted by Crippen LogP contribution is -2.56. The minimum Gasteiger partial charge on any atom is -0.465 e. The van der Waals surface area contributed by atoms with Crippen molar-refractivity contribution in [3.8, 4) is 0 Å². The highest BCUT2D eigenvalue weighted by Gasteiger charge is 2.29. The minimum absolute atomic E-state index is 0.138. The van der Waals surface area contributed by atoms with Crippen LogP contribution >= 0.6 is 0 Å². The molecular formula is C10H20N2O3. The zero-order valence-corrected chi connectivity index (χ0v) is 9.49. The molecule has 0 amide bonds. The van der Waals surface area contributed by atoms with E-state index in [0.717, 1.165) is 19.6 Å². The predicted octanol–water partition coefficient (Wildman–Crippen LogP) is -0.530. The van der Waals surface area contributed by atoms with Gasteiger partial charge in [0, 0.05) is 33.3 Å². The highest BCUT2D eigenvalue weighted by molar-refractivity contribution is 5.76. The summed E-state index contributed by atoms with van der Waals surface area (Å²) in [4.78, 5) is 13.7. The average molecular weight is 216 g/mol. The van der Waals surface area contributed by atoms with Gasteiger partial charge in [-0.15, -0.1) is 0 Å². The predicted molar refractivity (Wildman–Crippen MR) is 56.7 cm³/mol. The number of carbonyl (C=O) groups excluding carboxylic acids is 1. The van der Waals surface area contributed by atoms with Gasteiger partial charge >= 0.3 is 5.97 Å². The molecule has 1 saturated heterocycles. The molecule has 1 aliphatic heterocycles. The lowest BCUT2D eigenvalue weighted by atomic mass is 10.2. The molecule has 1 fully saturated rings. The third kappa shape index (κ3) is 3.77. The van der Waals surface area contributed by atoms with Crippen molar-refractivity contribution in [3.63, 3.8) is 0 Å². The Morgan fingerprint density at radius 1 is 1.60 bits per heavy atom. The number of nitrogens with zero attached hydrogens (tertiary/aromatic N) is 1. The second kappa shape index (κ2) is 6.76. The van der Waals surface area contributed by atoms with Crippen LogP contribution in [0.3, 0.4) is 0 Å². The molecule has 1 rings (SSSR count). The van der Waals surface area contributed by atoms with Crippen molar-refractivity contribution in [2.75, 3.05) is 46.5 Å². The van der Waals surface area contributed by atoms with Crippen molar-refractivity contribution in [2.45, 2.75) is 13.0 Å². The van der Waals surface area contributed by atoms with Crippen molar-refractivity contribution in [1.82, 2.24) is 10.2 Å². The molecule has 88 valence electrons. The van der Waals surface area contributed by atoms with Crippen molar-refractivity contribution >= 4 is 5.97 Å². The Morgan fingerprint density at radius 3 is 3.07 bits per heavy atom. The number of ether oxygens (including phenoxy) is 2. The number of hydrogen-bond donors (Lipinski definition) is 1. The molecule has 5 nitrogen and oxygen atoms in total. The summed E-state index contributed by atoms with van der Waals surface area (Å²) in [6.45, 7) is 6.15. The molecule has 0 aliphatic carbocycles. The Morgan fingerprint density at radius 2 is 2.40 bits per heavy atom. The molecule has 15 heavy (non-hydrogen) atoms. The maximum Gasteiger partial charge on any atom is 0.324 e. The maximum atomic E-state index is 11.6. The van der Waals surface area contributed by atoms with Crippen LogP contribution in [0.2, 0.25) is 0 Å². The molecule has 0 bridgehead atoms. The first-order chi connectivity index (χ1) is 7.29. The first-order valence-electron chi connectivity index (χ1n) is 5.40. The molecule has 1 aliphatic rings. The molecule has 1 unspecified atom stereocenters. The third-order valence-corrected chi connectivity index (χ3v) is 2.50. The molecule has 5 heteroatoms. The van der Waals surface area contributed by atoms with Crippen LogP contribution in [0.25, 0.3) is 0 Å². The summed E-state index contributed by atoms with van der Waals surface area (Å²) in [7, 11) is 1.67. The van der Waals surface area contributed by atoms with Crippen LogP contribution in [0.1, 0.15) is 6.92 Å². The Labute approximate surface area is 90.7 Å². The maximum absolute atomic E-state index is 11.6. The van der Waals surface area contributed by atoms with Crippen LogP contribution in [-0.4, -0.2) is 63.4 Å². The van der Waals surface area contributed by atoms with Gasteiger partial charge in [0.05, 0.1) is 13.2 Å². The van der Waals surface area contributed by atoms with Gasteiger partial charge in [-0.25, -0.2) is 0 Å². The molecule has 0 saturated carbocycles. The standard InChI is InChI=1S/C10H20N2O3/c1-3-15-10(13)9-8-11-4-5-12(9)6-7-14-2/h9,11H,3-8H2,1-2H3. The Hall–Kier alpha value is -0.650. The van der Waals surface area contributed by atoms with E-state index in [4.69, 9.17) is 9.47 Å². The van der Waals surface area contributed by atoms with E-state index in [1.165, 1.54) is 0 Å².